The van der Waals surface area contributed by atoms with Gasteiger partial charge in [-0.05, 0) is 43.4 Å². The molecule has 0 bridgehead atoms. The average molecular weight is 263 g/mol. The van der Waals surface area contributed by atoms with E-state index in [1.807, 2.05) is 19.1 Å². The van der Waals surface area contributed by atoms with Crippen LogP contribution in [0.25, 0.3) is 0 Å². The van der Waals surface area contributed by atoms with Gasteiger partial charge in [0.15, 0.2) is 0 Å². The number of methoxy groups -OCH3 is 1. The Morgan fingerprint density at radius 3 is 2.74 bits per heavy atom. The molecule has 4 heteroatoms. The Labute approximate surface area is 114 Å². The summed E-state index contributed by atoms with van der Waals surface area (Å²) in [5.74, 6) is 1.39. The van der Waals surface area contributed by atoms with Crippen molar-refractivity contribution >= 4 is 6.09 Å². The van der Waals surface area contributed by atoms with Crippen molar-refractivity contribution in [3.05, 3.63) is 29.8 Å². The number of likely N-dealkylation sites (tertiary alicyclic amines) is 1. The number of hydrogen-bond acceptors (Lipinski definition) is 3. The molecule has 4 nitrogen and oxygen atoms in total. The molecule has 0 spiro atoms. The monoisotopic (exact) mass is 263 g/mol. The van der Waals surface area contributed by atoms with E-state index < -0.39 is 0 Å². The number of carbonyl (C=O) groups excluding carboxylic acids is 1. The predicted octanol–water partition coefficient (Wildman–Crippen LogP) is 3.03. The minimum absolute atomic E-state index is 0.188. The van der Waals surface area contributed by atoms with E-state index in [0.717, 1.165) is 31.7 Å². The van der Waals surface area contributed by atoms with E-state index in [2.05, 4.69) is 12.1 Å². The number of rotatable bonds is 3. The molecule has 2 rings (SSSR count). The predicted molar refractivity (Wildman–Crippen MR) is 73.6 cm³/mol. The lowest BCUT2D eigenvalue weighted by Gasteiger charge is -2.31. The molecule has 0 unspecified atom stereocenters. The molecule has 1 saturated heterocycles. The Kier molecular flexibility index (Phi) is 4.66. The van der Waals surface area contributed by atoms with Crippen molar-refractivity contribution in [2.75, 3.05) is 26.8 Å². The largest absolute Gasteiger partial charge is 0.497 e. The zero-order valence-electron chi connectivity index (χ0n) is 11.6. The van der Waals surface area contributed by atoms with Gasteiger partial charge in [-0.1, -0.05) is 12.1 Å². The molecule has 0 saturated carbocycles. The van der Waals surface area contributed by atoms with Crippen LogP contribution < -0.4 is 4.74 Å². The van der Waals surface area contributed by atoms with Crippen LogP contribution in [-0.4, -0.2) is 37.8 Å². The van der Waals surface area contributed by atoms with Crippen molar-refractivity contribution in [1.29, 1.82) is 0 Å². The number of benzene rings is 1. The summed E-state index contributed by atoms with van der Waals surface area (Å²) in [6.45, 7) is 3.80. The third-order valence-electron chi connectivity index (χ3n) is 3.59. The van der Waals surface area contributed by atoms with E-state index >= 15 is 0 Å². The Morgan fingerprint density at radius 2 is 2.11 bits per heavy atom. The van der Waals surface area contributed by atoms with E-state index in [9.17, 15) is 4.79 Å². The second-order valence-corrected chi connectivity index (χ2v) is 4.74. The normalized spacial score (nSPS) is 16.2. The number of nitrogens with zero attached hydrogens (tertiary/aromatic N) is 1. The Bertz CT molecular complexity index is 425. The quantitative estimate of drug-likeness (QED) is 0.841. The lowest BCUT2D eigenvalue weighted by molar-refractivity contribution is 0.0970. The fourth-order valence-corrected chi connectivity index (χ4v) is 2.51. The average Bonchev–Trinajstić information content (AvgIpc) is 2.48. The zero-order valence-corrected chi connectivity index (χ0v) is 11.6. The van der Waals surface area contributed by atoms with E-state index in [1.165, 1.54) is 5.56 Å². The highest BCUT2D eigenvalue weighted by Gasteiger charge is 2.24. The zero-order chi connectivity index (χ0) is 13.7. The van der Waals surface area contributed by atoms with Gasteiger partial charge in [0.25, 0.3) is 0 Å². The maximum absolute atomic E-state index is 11.6. The van der Waals surface area contributed by atoms with Gasteiger partial charge in [-0.15, -0.1) is 0 Å². The summed E-state index contributed by atoms with van der Waals surface area (Å²) in [4.78, 5) is 13.4. The van der Waals surface area contributed by atoms with Crippen molar-refractivity contribution in [1.82, 2.24) is 4.90 Å². The van der Waals surface area contributed by atoms with Crippen LogP contribution in [0.2, 0.25) is 0 Å². The van der Waals surface area contributed by atoms with Crippen LogP contribution in [0.15, 0.2) is 24.3 Å². The Morgan fingerprint density at radius 1 is 1.37 bits per heavy atom. The number of piperidine rings is 1. The number of hydrogen-bond donors (Lipinski definition) is 0. The summed E-state index contributed by atoms with van der Waals surface area (Å²) in [6, 6.07) is 8.20. The molecule has 1 fully saturated rings. The van der Waals surface area contributed by atoms with Crippen LogP contribution in [0.5, 0.6) is 5.75 Å². The van der Waals surface area contributed by atoms with Crippen molar-refractivity contribution in [3.63, 3.8) is 0 Å². The summed E-state index contributed by atoms with van der Waals surface area (Å²) in [5.41, 5.74) is 1.29. The molecule has 19 heavy (non-hydrogen) atoms. The fourth-order valence-electron chi connectivity index (χ4n) is 2.51. The molecule has 1 heterocycles. The molecule has 1 aromatic carbocycles. The highest BCUT2D eigenvalue weighted by Crippen LogP contribution is 2.30. The minimum Gasteiger partial charge on any atom is -0.497 e. The second kappa shape index (κ2) is 6.45. The van der Waals surface area contributed by atoms with Gasteiger partial charge < -0.3 is 14.4 Å². The molecule has 0 atom stereocenters. The van der Waals surface area contributed by atoms with Gasteiger partial charge in [0.2, 0.25) is 0 Å². The van der Waals surface area contributed by atoms with Gasteiger partial charge >= 0.3 is 6.09 Å². The lowest BCUT2D eigenvalue weighted by atomic mass is 9.89. The number of carbonyl (C=O) groups is 1. The first-order valence-corrected chi connectivity index (χ1v) is 6.80. The summed E-state index contributed by atoms with van der Waals surface area (Å²) in [6.07, 6.45) is 1.77. The molecule has 0 aromatic heterocycles. The summed E-state index contributed by atoms with van der Waals surface area (Å²) in [5, 5.41) is 0. The third kappa shape index (κ3) is 3.40. The van der Waals surface area contributed by atoms with Gasteiger partial charge in [0.05, 0.1) is 13.7 Å². The molecule has 0 N–H and O–H groups in total. The van der Waals surface area contributed by atoms with Crippen LogP contribution >= 0.6 is 0 Å². The number of amides is 1. The first kappa shape index (κ1) is 13.7. The Hall–Kier alpha value is -1.71. The maximum atomic E-state index is 11.6. The summed E-state index contributed by atoms with van der Waals surface area (Å²) in [7, 11) is 1.68. The first-order chi connectivity index (χ1) is 9.24. The van der Waals surface area contributed by atoms with Crippen LogP contribution in [-0.2, 0) is 4.74 Å². The molecule has 0 aliphatic carbocycles. The molecule has 1 amide bonds. The van der Waals surface area contributed by atoms with E-state index in [4.69, 9.17) is 9.47 Å². The molecular weight excluding hydrogens is 242 g/mol. The second-order valence-electron chi connectivity index (χ2n) is 4.74. The fraction of sp³-hybridized carbons (Fsp3) is 0.533. The smallest absolute Gasteiger partial charge is 0.409 e. The topological polar surface area (TPSA) is 38.8 Å². The van der Waals surface area contributed by atoms with E-state index in [-0.39, 0.29) is 6.09 Å². The molecule has 0 radical (unpaired) electrons. The summed E-state index contributed by atoms with van der Waals surface area (Å²) >= 11 is 0. The third-order valence-corrected chi connectivity index (χ3v) is 3.59. The highest BCUT2D eigenvalue weighted by atomic mass is 16.6. The van der Waals surface area contributed by atoms with Crippen LogP contribution in [0.3, 0.4) is 0 Å². The van der Waals surface area contributed by atoms with Gasteiger partial charge in [0, 0.05) is 13.1 Å². The highest BCUT2D eigenvalue weighted by molar-refractivity contribution is 5.67. The molecule has 1 aliphatic rings. The van der Waals surface area contributed by atoms with Gasteiger partial charge in [-0.25, -0.2) is 4.79 Å². The van der Waals surface area contributed by atoms with Gasteiger partial charge in [0.1, 0.15) is 5.75 Å². The molecule has 1 aromatic rings. The van der Waals surface area contributed by atoms with Crippen LogP contribution in [0.1, 0.15) is 31.2 Å². The van der Waals surface area contributed by atoms with E-state index in [0.29, 0.717) is 12.5 Å². The van der Waals surface area contributed by atoms with Crippen molar-refractivity contribution in [3.8, 4) is 5.75 Å². The van der Waals surface area contributed by atoms with Gasteiger partial charge in [-0.3, -0.25) is 0 Å². The number of ether oxygens (including phenoxy) is 2. The van der Waals surface area contributed by atoms with Crippen LogP contribution in [0.4, 0.5) is 4.79 Å². The minimum atomic E-state index is -0.188. The first-order valence-electron chi connectivity index (χ1n) is 6.80. The van der Waals surface area contributed by atoms with Gasteiger partial charge in [-0.2, -0.15) is 0 Å². The molecule has 1 aliphatic heterocycles. The van der Waals surface area contributed by atoms with Crippen LogP contribution in [0, 0.1) is 0 Å². The SMILES string of the molecule is CCOC(=O)N1CCC(c2cccc(OC)c2)CC1. The standard InChI is InChI=1S/C15H21NO3/c1-3-19-15(17)16-9-7-12(8-10-16)13-5-4-6-14(11-13)18-2/h4-6,11-12H,3,7-10H2,1-2H3. The molecule has 104 valence electrons. The van der Waals surface area contributed by atoms with Crippen molar-refractivity contribution in [2.24, 2.45) is 0 Å². The Balaban J connectivity index is 1.94. The maximum Gasteiger partial charge on any atom is 0.409 e. The summed E-state index contributed by atoms with van der Waals surface area (Å²) < 4.78 is 10.3. The molecular formula is C15H21NO3. The lowest BCUT2D eigenvalue weighted by Crippen LogP contribution is -2.38. The van der Waals surface area contributed by atoms with Crippen molar-refractivity contribution < 1.29 is 14.3 Å². The van der Waals surface area contributed by atoms with Crippen molar-refractivity contribution in [2.45, 2.75) is 25.7 Å². The van der Waals surface area contributed by atoms with E-state index in [1.54, 1.807) is 12.0 Å².